The summed E-state index contributed by atoms with van der Waals surface area (Å²) in [5.41, 5.74) is 6.20. The van der Waals surface area contributed by atoms with Crippen LogP contribution in [0.2, 0.25) is 0 Å². The molecule has 0 N–H and O–H groups in total. The van der Waals surface area contributed by atoms with Gasteiger partial charge in [0.05, 0.1) is 6.20 Å². The lowest BCUT2D eigenvalue weighted by Crippen LogP contribution is -2.41. The van der Waals surface area contributed by atoms with E-state index in [-0.39, 0.29) is 12.0 Å². The van der Waals surface area contributed by atoms with Crippen LogP contribution in [-0.2, 0) is 11.2 Å². The van der Waals surface area contributed by atoms with E-state index in [1.807, 2.05) is 50.5 Å². The van der Waals surface area contributed by atoms with Crippen LogP contribution in [0.5, 0.6) is 0 Å². The number of likely N-dealkylation sites (tertiary alicyclic amines) is 1. The first-order valence-electron chi connectivity index (χ1n) is 13.2. The monoisotopic (exact) mass is 499 g/mol. The summed E-state index contributed by atoms with van der Waals surface area (Å²) in [5.74, 6) is 1.27. The standard InChI is InChI=1S/C30H37N5O2/c1-30(2,3)37-29(36)34-16-14-22(15-17-34)26-19-27(33(4)5)35-28(32-26)25(20-31-35)24-13-9-7-11-21-10-6-8-12-23(21)18-24/h6,8-10,12-13,18-20,22H,7,11,14-17H2,1-5H3. The van der Waals surface area contributed by atoms with E-state index >= 15 is 0 Å². The molecule has 0 spiro atoms. The zero-order valence-corrected chi connectivity index (χ0v) is 22.6. The summed E-state index contributed by atoms with van der Waals surface area (Å²) >= 11 is 0. The van der Waals surface area contributed by atoms with Crippen LogP contribution < -0.4 is 4.90 Å². The number of anilines is 1. The molecule has 0 radical (unpaired) electrons. The van der Waals surface area contributed by atoms with Crippen molar-refractivity contribution in [1.29, 1.82) is 0 Å². The van der Waals surface area contributed by atoms with Crippen molar-refractivity contribution in [3.63, 3.8) is 0 Å². The van der Waals surface area contributed by atoms with Gasteiger partial charge in [0.1, 0.15) is 11.4 Å². The fourth-order valence-electron chi connectivity index (χ4n) is 5.12. The first-order valence-corrected chi connectivity index (χ1v) is 13.2. The zero-order valence-electron chi connectivity index (χ0n) is 22.6. The Morgan fingerprint density at radius 1 is 1.14 bits per heavy atom. The second kappa shape index (κ2) is 10.0. The van der Waals surface area contributed by atoms with Gasteiger partial charge in [-0.3, -0.25) is 0 Å². The molecular formula is C30H37N5O2. The predicted molar refractivity (Wildman–Crippen MR) is 149 cm³/mol. The van der Waals surface area contributed by atoms with Crippen LogP contribution in [0.15, 0.2) is 48.7 Å². The van der Waals surface area contributed by atoms with E-state index in [2.05, 4.69) is 53.5 Å². The van der Waals surface area contributed by atoms with Crippen molar-refractivity contribution in [2.45, 2.75) is 58.0 Å². The molecule has 1 saturated heterocycles. The van der Waals surface area contributed by atoms with Crippen LogP contribution in [0.25, 0.3) is 17.3 Å². The van der Waals surface area contributed by atoms with E-state index in [1.165, 1.54) is 11.1 Å². The summed E-state index contributed by atoms with van der Waals surface area (Å²) in [5, 5.41) is 4.75. The average Bonchev–Trinajstić information content (AvgIpc) is 3.27. The first-order chi connectivity index (χ1) is 17.7. The maximum absolute atomic E-state index is 12.6. The number of amides is 1. The molecule has 1 aliphatic heterocycles. The summed E-state index contributed by atoms with van der Waals surface area (Å²) in [6.07, 6.45) is 12.2. The molecule has 7 heteroatoms. The minimum absolute atomic E-state index is 0.232. The number of hydrogen-bond donors (Lipinski definition) is 0. The molecule has 1 amide bonds. The van der Waals surface area contributed by atoms with Crippen molar-refractivity contribution in [3.05, 3.63) is 71.1 Å². The Morgan fingerprint density at radius 3 is 2.62 bits per heavy atom. The van der Waals surface area contributed by atoms with Crippen molar-refractivity contribution >= 4 is 29.2 Å². The van der Waals surface area contributed by atoms with Gasteiger partial charge in [0.25, 0.3) is 0 Å². The number of carbonyl (C=O) groups excluding carboxylic acids is 1. The minimum atomic E-state index is -0.486. The Bertz CT molecular complexity index is 1350. The van der Waals surface area contributed by atoms with Crippen molar-refractivity contribution in [2.24, 2.45) is 0 Å². The van der Waals surface area contributed by atoms with E-state index in [0.717, 1.165) is 54.0 Å². The van der Waals surface area contributed by atoms with Crippen molar-refractivity contribution in [1.82, 2.24) is 19.5 Å². The fraction of sp³-hybridized carbons (Fsp3) is 0.433. The molecule has 3 heterocycles. The van der Waals surface area contributed by atoms with E-state index in [0.29, 0.717) is 13.1 Å². The molecule has 2 aromatic heterocycles. The summed E-state index contributed by atoms with van der Waals surface area (Å²) < 4.78 is 7.52. The zero-order chi connectivity index (χ0) is 26.2. The summed E-state index contributed by atoms with van der Waals surface area (Å²) in [6, 6.07) is 10.7. The van der Waals surface area contributed by atoms with Crippen LogP contribution >= 0.6 is 0 Å². The molecule has 1 aliphatic carbocycles. The van der Waals surface area contributed by atoms with Crippen LogP contribution in [-0.4, -0.2) is 58.4 Å². The number of carbonyl (C=O) groups is 1. The highest BCUT2D eigenvalue weighted by molar-refractivity contribution is 5.93. The molecule has 194 valence electrons. The third-order valence-corrected chi connectivity index (χ3v) is 7.05. The van der Waals surface area contributed by atoms with Crippen LogP contribution in [0.3, 0.4) is 0 Å². The van der Waals surface area contributed by atoms with Crippen LogP contribution in [0.4, 0.5) is 10.6 Å². The number of aryl methyl sites for hydroxylation is 1. The number of hydrogen-bond acceptors (Lipinski definition) is 5. The molecule has 0 bridgehead atoms. The van der Waals surface area contributed by atoms with Gasteiger partial charge in [-0.25, -0.2) is 9.78 Å². The van der Waals surface area contributed by atoms with Crippen molar-refractivity contribution < 1.29 is 9.53 Å². The Morgan fingerprint density at radius 2 is 1.89 bits per heavy atom. The highest BCUT2D eigenvalue weighted by atomic mass is 16.6. The summed E-state index contributed by atoms with van der Waals surface area (Å²) in [7, 11) is 4.08. The Kier molecular flexibility index (Phi) is 6.80. The van der Waals surface area contributed by atoms with E-state index < -0.39 is 5.60 Å². The third kappa shape index (κ3) is 5.41. The van der Waals surface area contributed by atoms with Gasteiger partial charge < -0.3 is 14.5 Å². The molecule has 0 saturated carbocycles. The second-order valence-corrected chi connectivity index (χ2v) is 11.2. The van der Waals surface area contributed by atoms with Gasteiger partial charge in [-0.2, -0.15) is 9.61 Å². The van der Waals surface area contributed by atoms with Gasteiger partial charge >= 0.3 is 6.09 Å². The van der Waals surface area contributed by atoms with E-state index in [1.54, 1.807) is 0 Å². The van der Waals surface area contributed by atoms with Gasteiger partial charge in [-0.15, -0.1) is 0 Å². The van der Waals surface area contributed by atoms with Gasteiger partial charge in [-0.1, -0.05) is 36.4 Å². The van der Waals surface area contributed by atoms with E-state index in [4.69, 9.17) is 14.8 Å². The lowest BCUT2D eigenvalue weighted by molar-refractivity contribution is 0.0204. The maximum atomic E-state index is 12.6. The molecule has 0 atom stereocenters. The van der Waals surface area contributed by atoms with Crippen LogP contribution in [0.1, 0.15) is 68.3 Å². The number of piperidine rings is 1. The van der Waals surface area contributed by atoms with Crippen molar-refractivity contribution in [3.8, 4) is 0 Å². The first kappa shape index (κ1) is 25.1. The quantitative estimate of drug-likeness (QED) is 0.445. The Labute approximate surface area is 219 Å². The van der Waals surface area contributed by atoms with Gasteiger partial charge in [0.2, 0.25) is 0 Å². The Balaban J connectivity index is 1.48. The summed E-state index contributed by atoms with van der Waals surface area (Å²) in [4.78, 5) is 21.6. The largest absolute Gasteiger partial charge is 0.444 e. The molecular weight excluding hydrogens is 462 g/mol. The number of benzene rings is 1. The minimum Gasteiger partial charge on any atom is -0.444 e. The lowest BCUT2D eigenvalue weighted by Gasteiger charge is -2.33. The third-order valence-electron chi connectivity index (χ3n) is 7.05. The SMILES string of the molecule is CN(C)c1cc(C2CCN(C(=O)OC(C)(C)C)CC2)nc2c(C3=Cc4ccccc4CCC=C3)cnn12. The number of nitrogens with zero attached hydrogens (tertiary/aromatic N) is 5. The molecule has 5 rings (SSSR count). The Hall–Kier alpha value is -3.61. The molecule has 7 nitrogen and oxygen atoms in total. The van der Waals surface area contributed by atoms with Crippen LogP contribution in [0, 0.1) is 0 Å². The predicted octanol–water partition coefficient (Wildman–Crippen LogP) is 5.95. The number of aromatic nitrogens is 3. The molecule has 0 unspecified atom stereocenters. The number of rotatable bonds is 3. The molecule has 3 aromatic rings. The number of allylic oxidation sites excluding steroid dienone is 3. The van der Waals surface area contributed by atoms with E-state index in [9.17, 15) is 4.79 Å². The smallest absolute Gasteiger partial charge is 0.410 e. The summed E-state index contributed by atoms with van der Waals surface area (Å²) in [6.45, 7) is 7.05. The molecule has 2 aliphatic rings. The number of ether oxygens (including phenoxy) is 1. The lowest BCUT2D eigenvalue weighted by atomic mass is 9.93. The average molecular weight is 500 g/mol. The van der Waals surface area contributed by atoms with Gasteiger partial charge in [0.15, 0.2) is 5.65 Å². The molecule has 1 aromatic carbocycles. The van der Waals surface area contributed by atoms with Crippen molar-refractivity contribution in [2.75, 3.05) is 32.1 Å². The molecule has 1 fully saturated rings. The highest BCUT2D eigenvalue weighted by Crippen LogP contribution is 2.33. The molecule has 37 heavy (non-hydrogen) atoms. The van der Waals surface area contributed by atoms with Gasteiger partial charge in [0, 0.05) is 50.4 Å². The fourth-order valence-corrected chi connectivity index (χ4v) is 5.12. The van der Waals surface area contributed by atoms with Gasteiger partial charge in [-0.05, 0) is 69.2 Å². The number of fused-ring (bicyclic) bond motifs is 2. The topological polar surface area (TPSA) is 63.0 Å². The highest BCUT2D eigenvalue weighted by Gasteiger charge is 2.29. The second-order valence-electron chi connectivity index (χ2n) is 11.2. The normalized spacial score (nSPS) is 16.7. The maximum Gasteiger partial charge on any atom is 0.410 e.